The molecule has 28 heavy (non-hydrogen) atoms. The van der Waals surface area contributed by atoms with Gasteiger partial charge in [-0.25, -0.2) is 0 Å². The predicted molar refractivity (Wildman–Crippen MR) is 112 cm³/mol. The van der Waals surface area contributed by atoms with Crippen LogP contribution in [-0.4, -0.2) is 25.5 Å². The fourth-order valence-electron chi connectivity index (χ4n) is 2.82. The zero-order chi connectivity index (χ0) is 20.1. The Kier molecular flexibility index (Phi) is 6.36. The third-order valence-corrected chi connectivity index (χ3v) is 4.86. The van der Waals surface area contributed by atoms with Crippen LogP contribution in [0.4, 0.5) is 5.69 Å². The van der Waals surface area contributed by atoms with Crippen molar-refractivity contribution in [1.29, 1.82) is 0 Å². The van der Waals surface area contributed by atoms with E-state index >= 15 is 0 Å². The van der Waals surface area contributed by atoms with Crippen LogP contribution in [0.25, 0.3) is 11.0 Å². The number of nitrogens with one attached hydrogen (secondary N) is 2. The lowest BCUT2D eigenvalue weighted by Gasteiger charge is -2.09. The molecule has 0 unspecified atom stereocenters. The van der Waals surface area contributed by atoms with E-state index in [1.165, 1.54) is 0 Å². The van der Waals surface area contributed by atoms with E-state index < -0.39 is 0 Å². The molecule has 0 aliphatic carbocycles. The number of aryl methyl sites for hydroxylation is 1. The van der Waals surface area contributed by atoms with Gasteiger partial charge in [0.25, 0.3) is 0 Å². The van der Waals surface area contributed by atoms with Crippen molar-refractivity contribution in [2.75, 3.05) is 19.0 Å². The number of furan rings is 1. The summed E-state index contributed by atoms with van der Waals surface area (Å²) in [6, 6.07) is 11.2. The molecule has 6 nitrogen and oxygen atoms in total. The zero-order valence-corrected chi connectivity index (χ0v) is 17.3. The molecule has 1 aromatic heterocycles. The first-order chi connectivity index (χ1) is 13.5. The Balaban J connectivity index is 1.49. The van der Waals surface area contributed by atoms with E-state index in [1.54, 1.807) is 19.4 Å². The van der Waals surface area contributed by atoms with E-state index in [2.05, 4.69) is 26.6 Å². The molecule has 0 saturated heterocycles. The van der Waals surface area contributed by atoms with E-state index in [9.17, 15) is 9.59 Å². The Morgan fingerprint density at radius 2 is 1.96 bits per heavy atom. The molecule has 2 N–H and O–H groups in total. The van der Waals surface area contributed by atoms with Gasteiger partial charge >= 0.3 is 0 Å². The van der Waals surface area contributed by atoms with Gasteiger partial charge in [0.2, 0.25) is 11.8 Å². The van der Waals surface area contributed by atoms with Crippen LogP contribution in [0, 0.1) is 6.92 Å². The number of methoxy groups -OCH3 is 1. The van der Waals surface area contributed by atoms with Crippen LogP contribution in [0.5, 0.6) is 5.75 Å². The lowest BCUT2D eigenvalue weighted by Crippen LogP contribution is -2.28. The van der Waals surface area contributed by atoms with Crippen LogP contribution in [0.2, 0.25) is 0 Å². The smallest absolute Gasteiger partial charge is 0.226 e. The summed E-state index contributed by atoms with van der Waals surface area (Å²) < 4.78 is 11.6. The number of hydrogen-bond donors (Lipinski definition) is 2. The first-order valence-electron chi connectivity index (χ1n) is 8.83. The molecule has 0 spiro atoms. The molecular weight excluding hydrogens is 424 g/mol. The van der Waals surface area contributed by atoms with Gasteiger partial charge in [-0.05, 0) is 36.8 Å². The second kappa shape index (κ2) is 8.93. The van der Waals surface area contributed by atoms with Gasteiger partial charge in [0, 0.05) is 40.1 Å². The van der Waals surface area contributed by atoms with E-state index in [4.69, 9.17) is 9.15 Å². The normalized spacial score (nSPS) is 10.7. The van der Waals surface area contributed by atoms with E-state index in [0.717, 1.165) is 26.7 Å². The van der Waals surface area contributed by atoms with Crippen molar-refractivity contribution >= 4 is 44.4 Å². The minimum absolute atomic E-state index is 0.151. The molecule has 0 radical (unpaired) electrons. The highest BCUT2D eigenvalue weighted by Gasteiger charge is 2.12. The van der Waals surface area contributed by atoms with E-state index in [0.29, 0.717) is 11.3 Å². The van der Waals surface area contributed by atoms with Crippen molar-refractivity contribution in [3.63, 3.8) is 0 Å². The van der Waals surface area contributed by atoms with Crippen LogP contribution in [0.3, 0.4) is 0 Å². The first kappa shape index (κ1) is 19.9. The monoisotopic (exact) mass is 444 g/mol. The maximum Gasteiger partial charge on any atom is 0.226 e. The summed E-state index contributed by atoms with van der Waals surface area (Å²) in [5.41, 5.74) is 3.20. The molecule has 0 bridgehead atoms. The average molecular weight is 445 g/mol. The summed E-state index contributed by atoms with van der Waals surface area (Å²) in [4.78, 5) is 24.3. The fraction of sp³-hybridized carbons (Fsp3) is 0.238. The Morgan fingerprint density at radius 1 is 1.14 bits per heavy atom. The highest BCUT2D eigenvalue weighted by molar-refractivity contribution is 9.10. The number of benzene rings is 2. The number of ether oxygens (including phenoxy) is 1. The third-order valence-electron chi connectivity index (χ3n) is 4.36. The summed E-state index contributed by atoms with van der Waals surface area (Å²) in [6.45, 7) is 2.19. The largest absolute Gasteiger partial charge is 0.497 e. The Bertz CT molecular complexity index is 1010. The second-order valence-corrected chi connectivity index (χ2v) is 7.32. The molecule has 0 saturated carbocycles. The molecule has 0 aliphatic heterocycles. The van der Waals surface area contributed by atoms with Crippen molar-refractivity contribution in [2.24, 2.45) is 0 Å². The van der Waals surface area contributed by atoms with Crippen LogP contribution in [-0.2, 0) is 16.0 Å². The molecule has 1 heterocycles. The molecular formula is C21H21BrN2O4. The standard InChI is InChI=1S/C21H21BrN2O4/c1-13-3-4-15(22)10-18(13)24-20(25)7-8-23-21(26)9-14-12-28-19-11-16(27-2)5-6-17(14)19/h3-6,10-12H,7-9H2,1-2H3,(H,23,26)(H,24,25). The lowest BCUT2D eigenvalue weighted by atomic mass is 10.1. The molecule has 3 rings (SSSR count). The second-order valence-electron chi connectivity index (χ2n) is 6.41. The number of carbonyl (C=O) groups excluding carboxylic acids is 2. The molecule has 0 aliphatic rings. The average Bonchev–Trinajstić information content (AvgIpc) is 3.06. The number of fused-ring (bicyclic) bond motifs is 1. The van der Waals surface area contributed by atoms with Gasteiger partial charge in [0.1, 0.15) is 11.3 Å². The van der Waals surface area contributed by atoms with E-state index in [1.807, 2.05) is 37.3 Å². The van der Waals surface area contributed by atoms with Crippen molar-refractivity contribution in [3.05, 3.63) is 58.3 Å². The van der Waals surface area contributed by atoms with Crippen molar-refractivity contribution < 1.29 is 18.7 Å². The van der Waals surface area contributed by atoms with Gasteiger partial charge in [-0.1, -0.05) is 22.0 Å². The molecule has 2 aromatic carbocycles. The topological polar surface area (TPSA) is 80.6 Å². The summed E-state index contributed by atoms with van der Waals surface area (Å²) in [5, 5.41) is 6.51. The van der Waals surface area contributed by atoms with Gasteiger partial charge in [-0.2, -0.15) is 0 Å². The summed E-state index contributed by atoms with van der Waals surface area (Å²) in [6.07, 6.45) is 1.96. The van der Waals surface area contributed by atoms with Crippen LogP contribution in [0.1, 0.15) is 17.5 Å². The van der Waals surface area contributed by atoms with Crippen LogP contribution in [0.15, 0.2) is 51.6 Å². The quantitative estimate of drug-likeness (QED) is 0.572. The van der Waals surface area contributed by atoms with Crippen molar-refractivity contribution in [1.82, 2.24) is 5.32 Å². The van der Waals surface area contributed by atoms with Crippen molar-refractivity contribution in [3.8, 4) is 5.75 Å². The molecule has 7 heteroatoms. The molecule has 2 amide bonds. The number of amides is 2. The maximum absolute atomic E-state index is 12.2. The lowest BCUT2D eigenvalue weighted by molar-refractivity contribution is -0.120. The number of anilines is 1. The van der Waals surface area contributed by atoms with Gasteiger partial charge in [0.15, 0.2) is 0 Å². The van der Waals surface area contributed by atoms with Gasteiger partial charge in [0.05, 0.1) is 19.8 Å². The molecule has 3 aromatic rings. The molecule has 146 valence electrons. The minimum atomic E-state index is -0.162. The van der Waals surface area contributed by atoms with E-state index in [-0.39, 0.29) is 31.2 Å². The number of carbonyl (C=O) groups is 2. The van der Waals surface area contributed by atoms with Crippen molar-refractivity contribution in [2.45, 2.75) is 19.8 Å². The predicted octanol–water partition coefficient (Wildman–Crippen LogP) is 4.20. The van der Waals surface area contributed by atoms with Gasteiger partial charge in [-0.3, -0.25) is 9.59 Å². The van der Waals surface area contributed by atoms with Crippen LogP contribution >= 0.6 is 15.9 Å². The summed E-state index contributed by atoms with van der Waals surface area (Å²) >= 11 is 3.39. The molecule has 0 atom stereocenters. The fourth-order valence-corrected chi connectivity index (χ4v) is 3.18. The van der Waals surface area contributed by atoms with Gasteiger partial charge in [-0.15, -0.1) is 0 Å². The Labute approximate surface area is 171 Å². The molecule has 0 fully saturated rings. The number of halogens is 1. The minimum Gasteiger partial charge on any atom is -0.497 e. The van der Waals surface area contributed by atoms with Crippen LogP contribution < -0.4 is 15.4 Å². The Hall–Kier alpha value is -2.80. The maximum atomic E-state index is 12.2. The number of rotatable bonds is 7. The third kappa shape index (κ3) is 4.92. The summed E-state index contributed by atoms with van der Waals surface area (Å²) in [7, 11) is 1.59. The first-order valence-corrected chi connectivity index (χ1v) is 9.62. The van der Waals surface area contributed by atoms with Gasteiger partial charge < -0.3 is 19.8 Å². The summed E-state index contributed by atoms with van der Waals surface area (Å²) in [5.74, 6) is 0.386. The highest BCUT2D eigenvalue weighted by Crippen LogP contribution is 2.26. The highest BCUT2D eigenvalue weighted by atomic mass is 79.9. The SMILES string of the molecule is COc1ccc2c(CC(=O)NCCC(=O)Nc3cc(Br)ccc3C)coc2c1. The zero-order valence-electron chi connectivity index (χ0n) is 15.7. The number of hydrogen-bond acceptors (Lipinski definition) is 4. The Morgan fingerprint density at radius 3 is 2.75 bits per heavy atom.